The molecule has 2 rings (SSSR count). The molecule has 0 radical (unpaired) electrons. The monoisotopic (exact) mass is 304 g/mol. The van der Waals surface area contributed by atoms with Gasteiger partial charge in [0.1, 0.15) is 0 Å². The van der Waals surface area contributed by atoms with Crippen molar-refractivity contribution in [3.8, 4) is 0 Å². The molecule has 0 bridgehead atoms. The molecule has 124 valence electrons. The predicted molar refractivity (Wildman–Crippen MR) is 93.2 cm³/mol. The van der Waals surface area contributed by atoms with Crippen LogP contribution in [0.15, 0.2) is 30.3 Å². The molecular weight excluding hydrogens is 272 g/mol. The summed E-state index contributed by atoms with van der Waals surface area (Å²) in [5.74, 6) is 0. The van der Waals surface area contributed by atoms with Crippen LogP contribution in [0.5, 0.6) is 0 Å². The molecule has 1 aliphatic heterocycles. The Morgan fingerprint density at radius 1 is 1.23 bits per heavy atom. The largest absolute Gasteiger partial charge is 0.393 e. The fraction of sp³-hybridized carbons (Fsp3) is 0.684. The number of benzene rings is 1. The maximum atomic E-state index is 9.53. The van der Waals surface area contributed by atoms with E-state index in [0.717, 1.165) is 39.0 Å². The Morgan fingerprint density at radius 3 is 2.50 bits per heavy atom. The molecule has 2 N–H and O–H groups in total. The van der Waals surface area contributed by atoms with Crippen LogP contribution in [0.3, 0.4) is 0 Å². The van der Waals surface area contributed by atoms with Crippen LogP contribution in [-0.2, 0) is 5.41 Å². The minimum absolute atomic E-state index is 0.0685. The van der Waals surface area contributed by atoms with Crippen molar-refractivity contribution < 1.29 is 5.11 Å². The number of nitrogens with one attached hydrogen (secondary N) is 1. The van der Waals surface area contributed by atoms with E-state index in [1.807, 2.05) is 0 Å². The van der Waals surface area contributed by atoms with Gasteiger partial charge in [-0.25, -0.2) is 0 Å². The number of hydrogen-bond donors (Lipinski definition) is 2. The fourth-order valence-corrected chi connectivity index (χ4v) is 3.14. The number of likely N-dealkylation sites (tertiary alicyclic amines) is 1. The molecule has 22 heavy (non-hydrogen) atoms. The van der Waals surface area contributed by atoms with E-state index >= 15 is 0 Å². The summed E-state index contributed by atoms with van der Waals surface area (Å²) in [6.07, 6.45) is 2.97. The number of rotatable bonds is 7. The number of hydrogen-bond acceptors (Lipinski definition) is 3. The zero-order valence-electron chi connectivity index (χ0n) is 14.4. The minimum atomic E-state index is -0.0685. The molecule has 1 atom stereocenters. The first-order valence-electron chi connectivity index (χ1n) is 8.69. The van der Waals surface area contributed by atoms with Gasteiger partial charge >= 0.3 is 0 Å². The third kappa shape index (κ3) is 4.80. The first kappa shape index (κ1) is 17.5. The van der Waals surface area contributed by atoms with Crippen molar-refractivity contribution in [3.05, 3.63) is 35.9 Å². The van der Waals surface area contributed by atoms with E-state index in [2.05, 4.69) is 61.3 Å². The van der Waals surface area contributed by atoms with E-state index in [1.165, 1.54) is 12.0 Å². The van der Waals surface area contributed by atoms with Crippen LogP contribution in [0.1, 0.15) is 45.6 Å². The van der Waals surface area contributed by atoms with Crippen molar-refractivity contribution in [3.63, 3.8) is 0 Å². The number of aliphatic hydroxyl groups excluding tert-OH is 1. The second kappa shape index (κ2) is 8.09. The third-order valence-electron chi connectivity index (χ3n) is 5.26. The SMILES string of the molecule is CC(NCCCN1CCC(O)CC1)C(C)(C)c1ccccc1. The van der Waals surface area contributed by atoms with Gasteiger partial charge in [-0.15, -0.1) is 0 Å². The van der Waals surface area contributed by atoms with Crippen molar-refractivity contribution >= 4 is 0 Å². The first-order chi connectivity index (χ1) is 10.5. The molecule has 1 saturated heterocycles. The Hall–Kier alpha value is -0.900. The molecule has 3 nitrogen and oxygen atoms in total. The highest BCUT2D eigenvalue weighted by Crippen LogP contribution is 2.26. The molecular formula is C19H32N2O. The smallest absolute Gasteiger partial charge is 0.0564 e. The molecule has 1 aromatic carbocycles. The Kier molecular flexibility index (Phi) is 6.42. The molecule has 1 aromatic rings. The van der Waals surface area contributed by atoms with Crippen molar-refractivity contribution in [2.24, 2.45) is 0 Å². The molecule has 3 heteroatoms. The zero-order chi connectivity index (χ0) is 16.0. The molecule has 1 fully saturated rings. The fourth-order valence-electron chi connectivity index (χ4n) is 3.14. The van der Waals surface area contributed by atoms with Crippen molar-refractivity contribution in [2.75, 3.05) is 26.2 Å². The van der Waals surface area contributed by atoms with Crippen LogP contribution in [0, 0.1) is 0 Å². The van der Waals surface area contributed by atoms with E-state index in [9.17, 15) is 5.11 Å². The summed E-state index contributed by atoms with van der Waals surface area (Å²) in [6, 6.07) is 11.2. The van der Waals surface area contributed by atoms with Crippen LogP contribution in [0.2, 0.25) is 0 Å². The second-order valence-corrected chi connectivity index (χ2v) is 7.19. The van der Waals surface area contributed by atoms with Crippen molar-refractivity contribution in [1.29, 1.82) is 0 Å². The van der Waals surface area contributed by atoms with E-state index in [-0.39, 0.29) is 11.5 Å². The van der Waals surface area contributed by atoms with E-state index in [4.69, 9.17) is 0 Å². The maximum Gasteiger partial charge on any atom is 0.0564 e. The molecule has 1 unspecified atom stereocenters. The number of piperidine rings is 1. The summed E-state index contributed by atoms with van der Waals surface area (Å²) in [5, 5.41) is 13.2. The molecule has 1 heterocycles. The van der Waals surface area contributed by atoms with Crippen LogP contribution >= 0.6 is 0 Å². The second-order valence-electron chi connectivity index (χ2n) is 7.19. The molecule has 0 aliphatic carbocycles. The van der Waals surface area contributed by atoms with Crippen LogP contribution in [0.4, 0.5) is 0 Å². The summed E-state index contributed by atoms with van der Waals surface area (Å²) in [7, 11) is 0. The lowest BCUT2D eigenvalue weighted by molar-refractivity contribution is 0.0819. The highest BCUT2D eigenvalue weighted by molar-refractivity contribution is 5.25. The summed E-state index contributed by atoms with van der Waals surface area (Å²) in [6.45, 7) is 11.2. The summed E-state index contributed by atoms with van der Waals surface area (Å²) in [5.41, 5.74) is 1.52. The van der Waals surface area contributed by atoms with Crippen LogP contribution in [-0.4, -0.2) is 48.3 Å². The van der Waals surface area contributed by atoms with Gasteiger partial charge in [0.25, 0.3) is 0 Å². The lowest BCUT2D eigenvalue weighted by atomic mass is 9.78. The maximum absolute atomic E-state index is 9.53. The van der Waals surface area contributed by atoms with Gasteiger partial charge in [0.2, 0.25) is 0 Å². The van der Waals surface area contributed by atoms with Crippen molar-refractivity contribution in [2.45, 2.75) is 57.6 Å². The van der Waals surface area contributed by atoms with Gasteiger partial charge in [0, 0.05) is 24.5 Å². The van der Waals surface area contributed by atoms with E-state index in [1.54, 1.807) is 0 Å². The molecule has 0 spiro atoms. The quantitative estimate of drug-likeness (QED) is 0.760. The first-order valence-corrected chi connectivity index (χ1v) is 8.69. The molecule has 0 saturated carbocycles. The Labute approximate surface area is 135 Å². The van der Waals surface area contributed by atoms with Gasteiger partial charge in [-0.2, -0.15) is 0 Å². The minimum Gasteiger partial charge on any atom is -0.393 e. The molecule has 0 amide bonds. The van der Waals surface area contributed by atoms with Crippen molar-refractivity contribution in [1.82, 2.24) is 10.2 Å². The Balaban J connectivity index is 1.70. The van der Waals surface area contributed by atoms with Gasteiger partial charge in [-0.3, -0.25) is 0 Å². The lowest BCUT2D eigenvalue weighted by Gasteiger charge is -2.34. The van der Waals surface area contributed by atoms with Gasteiger partial charge in [0.15, 0.2) is 0 Å². The lowest BCUT2D eigenvalue weighted by Crippen LogP contribution is -2.44. The normalized spacial score (nSPS) is 19.3. The number of nitrogens with zero attached hydrogens (tertiary/aromatic N) is 1. The van der Waals surface area contributed by atoms with Gasteiger partial charge in [0.05, 0.1) is 6.10 Å². The standard InChI is InChI=1S/C19H32N2O/c1-16(19(2,3)17-8-5-4-6-9-17)20-12-7-13-21-14-10-18(22)11-15-21/h4-6,8-9,16,18,20,22H,7,10-15H2,1-3H3. The van der Waals surface area contributed by atoms with Gasteiger partial charge < -0.3 is 15.3 Å². The van der Waals surface area contributed by atoms with E-state index in [0.29, 0.717) is 6.04 Å². The highest BCUT2D eigenvalue weighted by Gasteiger charge is 2.27. The average Bonchev–Trinajstić information content (AvgIpc) is 2.54. The topological polar surface area (TPSA) is 35.5 Å². The average molecular weight is 304 g/mol. The van der Waals surface area contributed by atoms with Gasteiger partial charge in [-0.1, -0.05) is 44.2 Å². The number of aliphatic hydroxyl groups is 1. The summed E-state index contributed by atoms with van der Waals surface area (Å²) in [4.78, 5) is 2.47. The van der Waals surface area contributed by atoms with Crippen LogP contribution < -0.4 is 5.32 Å². The Morgan fingerprint density at radius 2 is 1.86 bits per heavy atom. The zero-order valence-corrected chi connectivity index (χ0v) is 14.4. The molecule has 1 aliphatic rings. The van der Waals surface area contributed by atoms with E-state index < -0.39 is 0 Å². The molecule has 0 aromatic heterocycles. The highest BCUT2D eigenvalue weighted by atomic mass is 16.3. The van der Waals surface area contributed by atoms with Gasteiger partial charge in [-0.05, 0) is 44.8 Å². The summed E-state index contributed by atoms with van der Waals surface area (Å²) >= 11 is 0. The Bertz CT molecular complexity index is 424. The third-order valence-corrected chi connectivity index (χ3v) is 5.26. The summed E-state index contributed by atoms with van der Waals surface area (Å²) < 4.78 is 0. The van der Waals surface area contributed by atoms with Crippen LogP contribution in [0.25, 0.3) is 0 Å². The predicted octanol–water partition coefficient (Wildman–Crippen LogP) is 2.79.